The van der Waals surface area contributed by atoms with Gasteiger partial charge in [0.2, 0.25) is 11.7 Å². The third kappa shape index (κ3) is 3.22. The maximum atomic E-state index is 11.8. The van der Waals surface area contributed by atoms with Gasteiger partial charge < -0.3 is 10.1 Å². The number of imidazole rings is 1. The highest BCUT2D eigenvalue weighted by Gasteiger charge is 2.11. The van der Waals surface area contributed by atoms with Gasteiger partial charge >= 0.3 is 0 Å². The zero-order valence-electron chi connectivity index (χ0n) is 13.1. The summed E-state index contributed by atoms with van der Waals surface area (Å²) in [6.07, 6.45) is 3.65. The maximum absolute atomic E-state index is 11.8. The number of amides is 1. The van der Waals surface area contributed by atoms with E-state index in [0.717, 1.165) is 22.6 Å². The molecule has 1 amide bonds. The number of hydrogen-bond acceptors (Lipinski definition) is 4. The van der Waals surface area contributed by atoms with Crippen LogP contribution in [0, 0.1) is 6.92 Å². The third-order valence-corrected chi connectivity index (χ3v) is 3.50. The second-order valence-corrected chi connectivity index (χ2v) is 5.10. The second kappa shape index (κ2) is 6.58. The van der Waals surface area contributed by atoms with Crippen molar-refractivity contribution in [3.63, 3.8) is 0 Å². The van der Waals surface area contributed by atoms with Crippen molar-refractivity contribution < 1.29 is 9.53 Å². The second-order valence-electron chi connectivity index (χ2n) is 5.10. The molecule has 3 rings (SSSR count). The number of aromatic nitrogens is 3. The first kappa shape index (κ1) is 15.2. The minimum atomic E-state index is -0.169. The topological polar surface area (TPSA) is 68.5 Å². The summed E-state index contributed by atoms with van der Waals surface area (Å²) in [5.74, 6) is 0.489. The minimum absolute atomic E-state index is 0.0536. The first-order valence-electron chi connectivity index (χ1n) is 7.46. The van der Waals surface area contributed by atoms with E-state index in [1.807, 2.05) is 54.8 Å². The number of benzene rings is 1. The fourth-order valence-corrected chi connectivity index (χ4v) is 2.41. The molecule has 0 atom stereocenters. The lowest BCUT2D eigenvalue weighted by molar-refractivity contribution is -0.120. The van der Waals surface area contributed by atoms with Gasteiger partial charge in [-0.1, -0.05) is 12.1 Å². The predicted octanol–water partition coefficient (Wildman–Crippen LogP) is 2.68. The molecule has 0 fully saturated rings. The van der Waals surface area contributed by atoms with Crippen LogP contribution in [0.1, 0.15) is 12.6 Å². The number of anilines is 1. The van der Waals surface area contributed by atoms with E-state index in [1.165, 1.54) is 0 Å². The SMILES string of the molecule is CCOCC(=O)Nc1cccc(-c2nc3ncccn3c2C)c1. The van der Waals surface area contributed by atoms with Crippen molar-refractivity contribution in [1.29, 1.82) is 0 Å². The van der Waals surface area contributed by atoms with Gasteiger partial charge in [-0.2, -0.15) is 0 Å². The number of nitrogens with zero attached hydrogens (tertiary/aromatic N) is 3. The first-order chi connectivity index (χ1) is 11.2. The van der Waals surface area contributed by atoms with Crippen molar-refractivity contribution in [3.8, 4) is 11.3 Å². The molecule has 6 nitrogen and oxygen atoms in total. The van der Waals surface area contributed by atoms with Crippen LogP contribution < -0.4 is 5.32 Å². The van der Waals surface area contributed by atoms with Gasteiger partial charge in [-0.3, -0.25) is 9.20 Å². The molecular formula is C17H18N4O2. The summed E-state index contributed by atoms with van der Waals surface area (Å²) < 4.78 is 7.05. The van der Waals surface area contributed by atoms with Gasteiger partial charge in [-0.25, -0.2) is 9.97 Å². The maximum Gasteiger partial charge on any atom is 0.250 e. The summed E-state index contributed by atoms with van der Waals surface area (Å²) in [5, 5.41) is 2.83. The molecule has 6 heteroatoms. The van der Waals surface area contributed by atoms with Gasteiger partial charge in [0.15, 0.2) is 0 Å². The minimum Gasteiger partial charge on any atom is -0.372 e. The van der Waals surface area contributed by atoms with Crippen LogP contribution in [-0.2, 0) is 9.53 Å². The van der Waals surface area contributed by atoms with E-state index >= 15 is 0 Å². The van der Waals surface area contributed by atoms with Crippen molar-refractivity contribution in [3.05, 3.63) is 48.4 Å². The Kier molecular flexibility index (Phi) is 4.34. The van der Waals surface area contributed by atoms with E-state index in [4.69, 9.17) is 4.74 Å². The molecule has 0 saturated carbocycles. The largest absolute Gasteiger partial charge is 0.372 e. The van der Waals surface area contributed by atoms with Crippen LogP contribution in [0.5, 0.6) is 0 Å². The van der Waals surface area contributed by atoms with E-state index in [-0.39, 0.29) is 12.5 Å². The van der Waals surface area contributed by atoms with E-state index in [0.29, 0.717) is 12.4 Å². The molecule has 0 aliphatic heterocycles. The van der Waals surface area contributed by atoms with E-state index in [1.54, 1.807) is 6.20 Å². The Balaban J connectivity index is 1.89. The number of rotatable bonds is 5. The van der Waals surface area contributed by atoms with Crippen LogP contribution in [0.3, 0.4) is 0 Å². The van der Waals surface area contributed by atoms with Crippen LogP contribution in [0.2, 0.25) is 0 Å². The summed E-state index contributed by atoms with van der Waals surface area (Å²) in [4.78, 5) is 20.6. The fraction of sp³-hybridized carbons (Fsp3) is 0.235. The molecular weight excluding hydrogens is 292 g/mol. The normalized spacial score (nSPS) is 10.9. The highest BCUT2D eigenvalue weighted by atomic mass is 16.5. The van der Waals surface area contributed by atoms with E-state index in [2.05, 4.69) is 15.3 Å². The molecule has 0 unspecified atom stereocenters. The molecule has 0 spiro atoms. The zero-order chi connectivity index (χ0) is 16.2. The van der Waals surface area contributed by atoms with E-state index in [9.17, 15) is 4.79 Å². The van der Waals surface area contributed by atoms with Crippen LogP contribution in [0.25, 0.3) is 17.0 Å². The van der Waals surface area contributed by atoms with Crippen molar-refractivity contribution in [2.75, 3.05) is 18.5 Å². The Labute approximate surface area is 134 Å². The molecule has 0 radical (unpaired) electrons. The molecule has 0 bridgehead atoms. The van der Waals surface area contributed by atoms with Crippen LogP contribution in [0.4, 0.5) is 5.69 Å². The van der Waals surface area contributed by atoms with Gasteiger partial charge in [-0.15, -0.1) is 0 Å². The van der Waals surface area contributed by atoms with Crippen LogP contribution >= 0.6 is 0 Å². The molecule has 2 heterocycles. The Morgan fingerprint density at radius 3 is 3.00 bits per heavy atom. The molecule has 0 aliphatic carbocycles. The van der Waals surface area contributed by atoms with Gasteiger partial charge in [0, 0.05) is 35.9 Å². The monoisotopic (exact) mass is 310 g/mol. The zero-order valence-corrected chi connectivity index (χ0v) is 13.1. The number of nitrogens with one attached hydrogen (secondary N) is 1. The predicted molar refractivity (Wildman–Crippen MR) is 88.3 cm³/mol. The molecule has 2 aromatic heterocycles. The van der Waals surface area contributed by atoms with Crippen molar-refractivity contribution in [2.45, 2.75) is 13.8 Å². The first-order valence-corrected chi connectivity index (χ1v) is 7.46. The Morgan fingerprint density at radius 1 is 1.35 bits per heavy atom. The number of carbonyl (C=O) groups is 1. The number of ether oxygens (including phenoxy) is 1. The molecule has 0 aliphatic rings. The number of fused-ring (bicyclic) bond motifs is 1. The van der Waals surface area contributed by atoms with Gasteiger partial charge in [-0.05, 0) is 32.0 Å². The fourth-order valence-electron chi connectivity index (χ4n) is 2.41. The quantitative estimate of drug-likeness (QED) is 0.786. The average Bonchev–Trinajstić information content (AvgIpc) is 2.91. The van der Waals surface area contributed by atoms with Crippen LogP contribution in [0.15, 0.2) is 42.7 Å². The number of carbonyl (C=O) groups excluding carboxylic acids is 1. The summed E-state index contributed by atoms with van der Waals surface area (Å²) >= 11 is 0. The molecule has 1 aromatic carbocycles. The summed E-state index contributed by atoms with van der Waals surface area (Å²) in [6, 6.07) is 9.47. The van der Waals surface area contributed by atoms with Gasteiger partial charge in [0.1, 0.15) is 6.61 Å². The summed E-state index contributed by atoms with van der Waals surface area (Å²) in [5.41, 5.74) is 3.51. The van der Waals surface area contributed by atoms with Crippen molar-refractivity contribution >= 4 is 17.4 Å². The van der Waals surface area contributed by atoms with Crippen molar-refractivity contribution in [2.24, 2.45) is 0 Å². The van der Waals surface area contributed by atoms with Gasteiger partial charge in [0.05, 0.1) is 5.69 Å². The Bertz CT molecular complexity index is 841. The third-order valence-electron chi connectivity index (χ3n) is 3.50. The highest BCUT2D eigenvalue weighted by molar-refractivity contribution is 5.92. The Morgan fingerprint density at radius 2 is 2.22 bits per heavy atom. The lowest BCUT2D eigenvalue weighted by Gasteiger charge is -2.07. The van der Waals surface area contributed by atoms with E-state index < -0.39 is 0 Å². The lowest BCUT2D eigenvalue weighted by atomic mass is 10.1. The molecule has 118 valence electrons. The number of hydrogen-bond donors (Lipinski definition) is 1. The smallest absolute Gasteiger partial charge is 0.250 e. The molecule has 0 saturated heterocycles. The molecule has 23 heavy (non-hydrogen) atoms. The highest BCUT2D eigenvalue weighted by Crippen LogP contribution is 2.25. The van der Waals surface area contributed by atoms with Crippen molar-refractivity contribution in [1.82, 2.24) is 14.4 Å². The number of aryl methyl sites for hydroxylation is 1. The average molecular weight is 310 g/mol. The Hall–Kier alpha value is -2.73. The summed E-state index contributed by atoms with van der Waals surface area (Å²) in [6.45, 7) is 4.42. The summed E-state index contributed by atoms with van der Waals surface area (Å²) in [7, 11) is 0. The molecule has 1 N–H and O–H groups in total. The standard InChI is InChI=1S/C17H18N4O2/c1-3-23-11-15(22)19-14-7-4-6-13(10-14)16-12(2)21-9-5-8-18-17(21)20-16/h4-10H,3,11H2,1-2H3,(H,19,22). The molecule has 3 aromatic rings. The lowest BCUT2D eigenvalue weighted by Crippen LogP contribution is -2.18. The van der Waals surface area contributed by atoms with Gasteiger partial charge in [0.25, 0.3) is 0 Å². The van der Waals surface area contributed by atoms with Crippen LogP contribution in [-0.4, -0.2) is 33.5 Å².